The van der Waals surface area contributed by atoms with Gasteiger partial charge in [-0.25, -0.2) is 9.59 Å². The topological polar surface area (TPSA) is 78.9 Å². The molecule has 0 saturated carbocycles. The first-order valence-electron chi connectivity index (χ1n) is 6.88. The molecule has 0 atom stereocenters. The van der Waals surface area contributed by atoms with Crippen molar-refractivity contribution in [2.75, 3.05) is 18.5 Å². The van der Waals surface area contributed by atoms with Gasteiger partial charge in [0.05, 0.1) is 12.3 Å². The van der Waals surface area contributed by atoms with Crippen LogP contribution in [-0.4, -0.2) is 40.7 Å². The Kier molecular flexibility index (Phi) is 5.58. The molecule has 0 bridgehead atoms. The molecular formula is C15H22N2O4. The number of nitrogens with one attached hydrogen (secondary N) is 1. The van der Waals surface area contributed by atoms with Gasteiger partial charge in [-0.2, -0.15) is 0 Å². The van der Waals surface area contributed by atoms with Crippen molar-refractivity contribution in [1.29, 1.82) is 0 Å². The van der Waals surface area contributed by atoms with Gasteiger partial charge in [0.2, 0.25) is 0 Å². The highest BCUT2D eigenvalue weighted by molar-refractivity contribution is 5.94. The number of hydrogen-bond donors (Lipinski definition) is 2. The van der Waals surface area contributed by atoms with Crippen LogP contribution in [0.2, 0.25) is 0 Å². The van der Waals surface area contributed by atoms with Crippen molar-refractivity contribution in [3.8, 4) is 5.75 Å². The number of anilines is 1. The summed E-state index contributed by atoms with van der Waals surface area (Å²) in [5, 5.41) is 12.0. The van der Waals surface area contributed by atoms with E-state index in [1.165, 1.54) is 18.7 Å². The number of rotatable bonds is 6. The van der Waals surface area contributed by atoms with Crippen LogP contribution < -0.4 is 10.1 Å². The SMILES string of the molecule is CCOc1ccccc1NC(=O)N(CC)C(C)(C)C(=O)O. The van der Waals surface area contributed by atoms with E-state index < -0.39 is 17.5 Å². The molecule has 1 aromatic carbocycles. The second-order valence-electron chi connectivity index (χ2n) is 4.97. The van der Waals surface area contributed by atoms with Gasteiger partial charge in [-0.1, -0.05) is 12.1 Å². The van der Waals surface area contributed by atoms with Crippen LogP contribution in [0.15, 0.2) is 24.3 Å². The summed E-state index contributed by atoms with van der Waals surface area (Å²) in [7, 11) is 0. The van der Waals surface area contributed by atoms with E-state index in [9.17, 15) is 14.7 Å². The summed E-state index contributed by atoms with van der Waals surface area (Å²) in [4.78, 5) is 24.9. The number of benzene rings is 1. The average Bonchev–Trinajstić information content (AvgIpc) is 2.41. The molecule has 0 aliphatic rings. The number of hydrogen-bond acceptors (Lipinski definition) is 3. The molecule has 6 nitrogen and oxygen atoms in total. The first-order chi connectivity index (χ1) is 9.84. The molecule has 0 unspecified atom stereocenters. The number of carboxylic acids is 1. The fraction of sp³-hybridized carbons (Fsp3) is 0.467. The highest BCUT2D eigenvalue weighted by Gasteiger charge is 2.37. The molecule has 0 fully saturated rings. The average molecular weight is 294 g/mol. The normalized spacial score (nSPS) is 10.9. The smallest absolute Gasteiger partial charge is 0.329 e. The van der Waals surface area contributed by atoms with E-state index in [0.29, 0.717) is 18.0 Å². The zero-order valence-corrected chi connectivity index (χ0v) is 12.8. The monoisotopic (exact) mass is 294 g/mol. The minimum absolute atomic E-state index is 0.280. The molecule has 1 aromatic rings. The number of para-hydroxylation sites is 2. The molecule has 0 radical (unpaired) electrons. The fourth-order valence-electron chi connectivity index (χ4n) is 1.94. The molecule has 6 heteroatoms. The van der Waals surface area contributed by atoms with Gasteiger partial charge in [0.15, 0.2) is 0 Å². The molecule has 2 N–H and O–H groups in total. The van der Waals surface area contributed by atoms with Crippen LogP contribution in [0, 0.1) is 0 Å². The second-order valence-corrected chi connectivity index (χ2v) is 4.97. The van der Waals surface area contributed by atoms with Crippen LogP contribution in [0.3, 0.4) is 0 Å². The minimum Gasteiger partial charge on any atom is -0.492 e. The Hall–Kier alpha value is -2.24. The van der Waals surface area contributed by atoms with Crippen LogP contribution in [0.25, 0.3) is 0 Å². The lowest BCUT2D eigenvalue weighted by molar-refractivity contribution is -0.147. The van der Waals surface area contributed by atoms with E-state index in [4.69, 9.17) is 4.74 Å². The summed E-state index contributed by atoms with van der Waals surface area (Å²) in [5.41, 5.74) is -0.775. The lowest BCUT2D eigenvalue weighted by Crippen LogP contribution is -2.54. The third kappa shape index (κ3) is 3.87. The number of nitrogens with zero attached hydrogens (tertiary/aromatic N) is 1. The van der Waals surface area contributed by atoms with E-state index in [2.05, 4.69) is 5.32 Å². The zero-order chi connectivity index (χ0) is 16.0. The third-order valence-electron chi connectivity index (χ3n) is 3.19. The van der Waals surface area contributed by atoms with Gasteiger partial charge in [0, 0.05) is 6.54 Å². The molecule has 0 saturated heterocycles. The molecule has 0 aromatic heterocycles. The van der Waals surface area contributed by atoms with Crippen molar-refractivity contribution in [3.05, 3.63) is 24.3 Å². The van der Waals surface area contributed by atoms with Crippen molar-refractivity contribution < 1.29 is 19.4 Å². The van der Waals surface area contributed by atoms with Crippen molar-refractivity contribution >= 4 is 17.7 Å². The van der Waals surface area contributed by atoms with Gasteiger partial charge in [-0.15, -0.1) is 0 Å². The Morgan fingerprint density at radius 3 is 2.43 bits per heavy atom. The first-order valence-corrected chi connectivity index (χ1v) is 6.88. The minimum atomic E-state index is -1.29. The van der Waals surface area contributed by atoms with Gasteiger partial charge < -0.3 is 20.1 Å². The maximum absolute atomic E-state index is 12.3. The van der Waals surface area contributed by atoms with E-state index in [0.717, 1.165) is 0 Å². The van der Waals surface area contributed by atoms with Crippen LogP contribution in [-0.2, 0) is 4.79 Å². The van der Waals surface area contributed by atoms with E-state index in [1.807, 2.05) is 6.92 Å². The van der Waals surface area contributed by atoms with Gasteiger partial charge in [0.1, 0.15) is 11.3 Å². The molecule has 0 aliphatic carbocycles. The number of carboxylic acid groups (broad SMARTS) is 1. The lowest BCUT2D eigenvalue weighted by atomic mass is 10.0. The molecule has 0 spiro atoms. The van der Waals surface area contributed by atoms with Gasteiger partial charge in [0.25, 0.3) is 0 Å². The number of urea groups is 1. The predicted octanol–water partition coefficient (Wildman–Crippen LogP) is 2.80. The molecular weight excluding hydrogens is 272 g/mol. The number of aliphatic carboxylic acids is 1. The maximum atomic E-state index is 12.3. The van der Waals surface area contributed by atoms with Gasteiger partial charge in [-0.3, -0.25) is 0 Å². The number of likely N-dealkylation sites (N-methyl/N-ethyl adjacent to an activating group) is 1. The van der Waals surface area contributed by atoms with E-state index in [1.54, 1.807) is 31.2 Å². The Labute approximate surface area is 124 Å². The molecule has 0 aliphatic heterocycles. The highest BCUT2D eigenvalue weighted by atomic mass is 16.5. The summed E-state index contributed by atoms with van der Waals surface area (Å²) in [6.07, 6.45) is 0. The van der Waals surface area contributed by atoms with Crippen molar-refractivity contribution in [2.45, 2.75) is 33.2 Å². The lowest BCUT2D eigenvalue weighted by Gasteiger charge is -2.34. The maximum Gasteiger partial charge on any atom is 0.329 e. The second kappa shape index (κ2) is 6.97. The Morgan fingerprint density at radius 2 is 1.90 bits per heavy atom. The first kappa shape index (κ1) is 16.8. The summed E-state index contributed by atoms with van der Waals surface area (Å²) >= 11 is 0. The summed E-state index contributed by atoms with van der Waals surface area (Å²) < 4.78 is 5.43. The summed E-state index contributed by atoms with van der Waals surface area (Å²) in [5.74, 6) is -0.505. The van der Waals surface area contributed by atoms with Gasteiger partial charge in [-0.05, 0) is 39.8 Å². The third-order valence-corrected chi connectivity index (χ3v) is 3.19. The van der Waals surface area contributed by atoms with E-state index in [-0.39, 0.29) is 6.54 Å². The predicted molar refractivity (Wildman–Crippen MR) is 80.7 cm³/mol. The number of ether oxygens (including phenoxy) is 1. The Morgan fingerprint density at radius 1 is 1.29 bits per heavy atom. The van der Waals surface area contributed by atoms with Crippen LogP contribution >= 0.6 is 0 Å². The van der Waals surface area contributed by atoms with Crippen LogP contribution in [0.1, 0.15) is 27.7 Å². The standard InChI is InChI=1S/C15H22N2O4/c1-5-17(15(3,4)13(18)19)14(20)16-11-9-7-8-10-12(11)21-6-2/h7-10H,5-6H2,1-4H3,(H,16,20)(H,18,19). The largest absolute Gasteiger partial charge is 0.492 e. The molecule has 21 heavy (non-hydrogen) atoms. The van der Waals surface area contributed by atoms with E-state index >= 15 is 0 Å². The van der Waals surface area contributed by atoms with Crippen LogP contribution in [0.5, 0.6) is 5.75 Å². The molecule has 1 rings (SSSR count). The van der Waals surface area contributed by atoms with Crippen molar-refractivity contribution in [1.82, 2.24) is 4.90 Å². The van der Waals surface area contributed by atoms with Gasteiger partial charge >= 0.3 is 12.0 Å². The molecule has 116 valence electrons. The molecule has 2 amide bonds. The van der Waals surface area contributed by atoms with Crippen molar-refractivity contribution in [3.63, 3.8) is 0 Å². The quantitative estimate of drug-likeness (QED) is 0.845. The molecule has 0 heterocycles. The highest BCUT2D eigenvalue weighted by Crippen LogP contribution is 2.25. The number of carbonyl (C=O) groups is 2. The number of carbonyl (C=O) groups excluding carboxylic acids is 1. The summed E-state index contributed by atoms with van der Waals surface area (Å²) in [6.45, 7) is 7.33. The van der Waals surface area contributed by atoms with Crippen molar-refractivity contribution in [2.24, 2.45) is 0 Å². The fourth-order valence-corrected chi connectivity index (χ4v) is 1.94. The zero-order valence-electron chi connectivity index (χ0n) is 12.8. The number of amides is 2. The Balaban J connectivity index is 2.96. The summed E-state index contributed by atoms with van der Waals surface area (Å²) in [6, 6.07) is 6.57. The Bertz CT molecular complexity index is 514. The van der Waals surface area contributed by atoms with Crippen LogP contribution in [0.4, 0.5) is 10.5 Å².